The minimum absolute atomic E-state index is 0.662. The summed E-state index contributed by atoms with van der Waals surface area (Å²) in [6.07, 6.45) is 2.14. The SMILES string of the molecule is Cc1nn(C)c(CCC(C)CNCC(C)C)c1Cl. The van der Waals surface area contributed by atoms with Gasteiger partial charge >= 0.3 is 0 Å². The van der Waals surface area contributed by atoms with Crippen molar-refractivity contribution in [3.63, 3.8) is 0 Å². The van der Waals surface area contributed by atoms with Crippen molar-refractivity contribution in [3.05, 3.63) is 16.4 Å². The average molecular weight is 272 g/mol. The van der Waals surface area contributed by atoms with Gasteiger partial charge in [0, 0.05) is 7.05 Å². The van der Waals surface area contributed by atoms with Crippen LogP contribution in [0.5, 0.6) is 0 Å². The smallest absolute Gasteiger partial charge is 0.0846 e. The second-order valence-corrected chi connectivity index (χ2v) is 6.04. The summed E-state index contributed by atoms with van der Waals surface area (Å²) >= 11 is 6.24. The van der Waals surface area contributed by atoms with Gasteiger partial charge in [-0.25, -0.2) is 0 Å². The normalized spacial score (nSPS) is 13.3. The highest BCUT2D eigenvalue weighted by Crippen LogP contribution is 2.21. The Bertz CT molecular complexity index is 371. The fourth-order valence-corrected chi connectivity index (χ4v) is 2.31. The van der Waals surface area contributed by atoms with E-state index in [1.807, 2.05) is 18.7 Å². The standard InChI is InChI=1S/C14H26ClN3/c1-10(2)8-16-9-11(3)6-7-13-14(15)12(4)17-18(13)5/h10-11,16H,6-9H2,1-5H3. The highest BCUT2D eigenvalue weighted by atomic mass is 35.5. The summed E-state index contributed by atoms with van der Waals surface area (Å²) in [5.41, 5.74) is 2.09. The van der Waals surface area contributed by atoms with Crippen molar-refractivity contribution in [1.29, 1.82) is 0 Å². The molecule has 0 spiro atoms. The molecular weight excluding hydrogens is 246 g/mol. The molecule has 0 amide bonds. The van der Waals surface area contributed by atoms with E-state index in [1.165, 1.54) is 0 Å². The fraction of sp³-hybridized carbons (Fsp3) is 0.786. The van der Waals surface area contributed by atoms with Crippen LogP contribution in [-0.4, -0.2) is 22.9 Å². The van der Waals surface area contributed by atoms with Crippen LogP contribution in [0.3, 0.4) is 0 Å². The van der Waals surface area contributed by atoms with E-state index in [4.69, 9.17) is 11.6 Å². The largest absolute Gasteiger partial charge is 0.316 e. The van der Waals surface area contributed by atoms with E-state index < -0.39 is 0 Å². The molecule has 0 saturated heterocycles. The Morgan fingerprint density at radius 1 is 1.28 bits per heavy atom. The van der Waals surface area contributed by atoms with Gasteiger partial charge < -0.3 is 5.32 Å². The molecule has 1 aromatic rings. The lowest BCUT2D eigenvalue weighted by Crippen LogP contribution is -2.25. The van der Waals surface area contributed by atoms with Crippen LogP contribution in [0.15, 0.2) is 0 Å². The van der Waals surface area contributed by atoms with E-state index in [-0.39, 0.29) is 0 Å². The minimum atomic E-state index is 0.662. The lowest BCUT2D eigenvalue weighted by molar-refractivity contribution is 0.450. The van der Waals surface area contributed by atoms with E-state index >= 15 is 0 Å². The molecule has 0 aliphatic heterocycles. The predicted octanol–water partition coefficient (Wildman–Crippen LogP) is 3.20. The summed E-state index contributed by atoms with van der Waals surface area (Å²) < 4.78 is 1.91. The van der Waals surface area contributed by atoms with Crippen molar-refractivity contribution in [3.8, 4) is 0 Å². The molecule has 0 radical (unpaired) electrons. The predicted molar refractivity (Wildman–Crippen MR) is 78.1 cm³/mol. The van der Waals surface area contributed by atoms with Crippen LogP contribution >= 0.6 is 11.6 Å². The molecule has 0 aromatic carbocycles. The lowest BCUT2D eigenvalue weighted by Gasteiger charge is -2.14. The van der Waals surface area contributed by atoms with Crippen molar-refractivity contribution < 1.29 is 0 Å². The van der Waals surface area contributed by atoms with Gasteiger partial charge in [-0.15, -0.1) is 0 Å². The maximum Gasteiger partial charge on any atom is 0.0846 e. The molecule has 4 heteroatoms. The second kappa shape index (κ2) is 7.15. The number of rotatable bonds is 7. The number of nitrogens with one attached hydrogen (secondary N) is 1. The van der Waals surface area contributed by atoms with Crippen LogP contribution in [0.2, 0.25) is 5.02 Å². The topological polar surface area (TPSA) is 29.9 Å². The first-order valence-electron chi connectivity index (χ1n) is 6.80. The summed E-state index contributed by atoms with van der Waals surface area (Å²) in [7, 11) is 1.97. The second-order valence-electron chi connectivity index (χ2n) is 5.67. The number of hydrogen-bond donors (Lipinski definition) is 1. The highest BCUT2D eigenvalue weighted by molar-refractivity contribution is 6.31. The van der Waals surface area contributed by atoms with E-state index in [1.54, 1.807) is 0 Å². The number of halogens is 1. The third kappa shape index (κ3) is 4.62. The Hall–Kier alpha value is -0.540. The zero-order valence-electron chi connectivity index (χ0n) is 12.3. The lowest BCUT2D eigenvalue weighted by atomic mass is 10.0. The Morgan fingerprint density at radius 3 is 2.44 bits per heavy atom. The summed E-state index contributed by atoms with van der Waals surface area (Å²) in [5.74, 6) is 1.38. The van der Waals surface area contributed by atoms with E-state index in [0.29, 0.717) is 11.8 Å². The molecular formula is C14H26ClN3. The molecule has 0 aliphatic rings. The Balaban J connectivity index is 2.36. The molecule has 3 nitrogen and oxygen atoms in total. The molecule has 1 aromatic heterocycles. The third-order valence-electron chi connectivity index (χ3n) is 3.18. The summed E-state index contributed by atoms with van der Waals surface area (Å²) in [4.78, 5) is 0. The fourth-order valence-electron chi connectivity index (χ4n) is 2.06. The maximum atomic E-state index is 6.24. The molecule has 1 N–H and O–H groups in total. The Morgan fingerprint density at radius 2 is 1.94 bits per heavy atom. The zero-order chi connectivity index (χ0) is 13.7. The monoisotopic (exact) mass is 271 g/mol. The van der Waals surface area contributed by atoms with Crippen molar-refractivity contribution >= 4 is 11.6 Å². The number of aryl methyl sites for hydroxylation is 2. The Kier molecular flexibility index (Phi) is 6.16. The van der Waals surface area contributed by atoms with Crippen LogP contribution in [0.4, 0.5) is 0 Å². The van der Waals surface area contributed by atoms with Gasteiger partial charge in [-0.3, -0.25) is 4.68 Å². The van der Waals surface area contributed by atoms with E-state index in [2.05, 4.69) is 31.2 Å². The van der Waals surface area contributed by atoms with Crippen molar-refractivity contribution in [1.82, 2.24) is 15.1 Å². The van der Waals surface area contributed by atoms with Crippen LogP contribution in [0.25, 0.3) is 0 Å². The molecule has 1 unspecified atom stereocenters. The molecule has 0 aliphatic carbocycles. The minimum Gasteiger partial charge on any atom is -0.316 e. The molecule has 0 saturated carbocycles. The van der Waals surface area contributed by atoms with Gasteiger partial charge in [0.25, 0.3) is 0 Å². The van der Waals surface area contributed by atoms with Gasteiger partial charge in [0.15, 0.2) is 0 Å². The summed E-state index contributed by atoms with van der Waals surface area (Å²) in [5, 5.41) is 8.68. The molecule has 1 rings (SSSR count). The summed E-state index contributed by atoms with van der Waals surface area (Å²) in [6.45, 7) is 10.9. The van der Waals surface area contributed by atoms with Gasteiger partial charge in [-0.2, -0.15) is 5.10 Å². The zero-order valence-corrected chi connectivity index (χ0v) is 13.0. The number of hydrogen-bond acceptors (Lipinski definition) is 2. The number of nitrogens with zero attached hydrogens (tertiary/aromatic N) is 2. The van der Waals surface area contributed by atoms with Gasteiger partial charge in [0.2, 0.25) is 0 Å². The quantitative estimate of drug-likeness (QED) is 0.825. The van der Waals surface area contributed by atoms with Gasteiger partial charge in [-0.05, 0) is 44.7 Å². The molecule has 0 fully saturated rings. The molecule has 1 atom stereocenters. The van der Waals surface area contributed by atoms with Gasteiger partial charge in [-0.1, -0.05) is 32.4 Å². The Labute approximate surface area is 116 Å². The molecule has 18 heavy (non-hydrogen) atoms. The summed E-state index contributed by atoms with van der Waals surface area (Å²) in [6, 6.07) is 0. The first-order chi connectivity index (χ1) is 8.41. The maximum absolute atomic E-state index is 6.24. The molecule has 104 valence electrons. The van der Waals surface area contributed by atoms with Gasteiger partial charge in [0.1, 0.15) is 0 Å². The third-order valence-corrected chi connectivity index (χ3v) is 3.67. The molecule has 0 bridgehead atoms. The van der Waals surface area contributed by atoms with Crippen LogP contribution in [-0.2, 0) is 13.5 Å². The number of aromatic nitrogens is 2. The highest BCUT2D eigenvalue weighted by Gasteiger charge is 2.12. The first-order valence-corrected chi connectivity index (χ1v) is 7.18. The van der Waals surface area contributed by atoms with Crippen LogP contribution in [0.1, 0.15) is 38.6 Å². The van der Waals surface area contributed by atoms with Crippen molar-refractivity contribution in [2.45, 2.75) is 40.5 Å². The first kappa shape index (κ1) is 15.5. The van der Waals surface area contributed by atoms with Crippen molar-refractivity contribution in [2.24, 2.45) is 18.9 Å². The average Bonchev–Trinajstić information content (AvgIpc) is 2.50. The van der Waals surface area contributed by atoms with E-state index in [9.17, 15) is 0 Å². The van der Waals surface area contributed by atoms with E-state index in [0.717, 1.165) is 42.3 Å². The van der Waals surface area contributed by atoms with Crippen LogP contribution in [0, 0.1) is 18.8 Å². The van der Waals surface area contributed by atoms with Gasteiger partial charge in [0.05, 0.1) is 16.4 Å². The molecule has 1 heterocycles. The van der Waals surface area contributed by atoms with Crippen LogP contribution < -0.4 is 5.32 Å². The van der Waals surface area contributed by atoms with Crippen molar-refractivity contribution in [2.75, 3.05) is 13.1 Å².